The average Bonchev–Trinajstić information content (AvgIpc) is 3.20. The molecule has 2 N–H and O–H groups in total. The largest absolute Gasteiger partial charge is 0.421 e. The van der Waals surface area contributed by atoms with Crippen LogP contribution in [0.15, 0.2) is 24.7 Å². The number of alkyl halides is 3. The molecule has 1 atom stereocenters. The van der Waals surface area contributed by atoms with Gasteiger partial charge in [0.05, 0.1) is 24.1 Å². The van der Waals surface area contributed by atoms with Crippen LogP contribution in [0.1, 0.15) is 50.0 Å². The van der Waals surface area contributed by atoms with Crippen LogP contribution in [-0.4, -0.2) is 41.3 Å². The number of nitrogens with one attached hydrogen (secondary N) is 2. The lowest BCUT2D eigenvalue weighted by atomic mass is 10.2. The van der Waals surface area contributed by atoms with E-state index in [1.807, 2.05) is 17.7 Å². The molecule has 3 aromatic rings. The van der Waals surface area contributed by atoms with Crippen LogP contribution < -0.4 is 10.6 Å². The summed E-state index contributed by atoms with van der Waals surface area (Å²) in [5, 5.41) is 18.6. The smallest absolute Gasteiger partial charge is 0.370 e. The minimum Gasteiger partial charge on any atom is -0.370 e. The van der Waals surface area contributed by atoms with Crippen molar-refractivity contribution in [2.45, 2.75) is 44.9 Å². The van der Waals surface area contributed by atoms with E-state index in [0.29, 0.717) is 12.4 Å². The Morgan fingerprint density at radius 3 is 2.59 bits per heavy atom. The molecule has 0 saturated heterocycles. The van der Waals surface area contributed by atoms with Crippen molar-refractivity contribution in [3.05, 3.63) is 35.9 Å². The fourth-order valence-corrected chi connectivity index (χ4v) is 2.92. The van der Waals surface area contributed by atoms with E-state index >= 15 is 0 Å². The molecule has 9 nitrogen and oxygen atoms in total. The van der Waals surface area contributed by atoms with Crippen LogP contribution in [0, 0.1) is 0 Å². The van der Waals surface area contributed by atoms with E-state index in [9.17, 15) is 13.2 Å². The highest BCUT2D eigenvalue weighted by Gasteiger charge is 2.35. The van der Waals surface area contributed by atoms with Crippen molar-refractivity contribution >= 4 is 17.6 Å². The topological polar surface area (TPSA) is 98.4 Å². The van der Waals surface area contributed by atoms with E-state index in [4.69, 9.17) is 0 Å². The summed E-state index contributed by atoms with van der Waals surface area (Å²) in [6.45, 7) is 3.92. The summed E-state index contributed by atoms with van der Waals surface area (Å²) in [5.74, 6) is 0.417. The van der Waals surface area contributed by atoms with Gasteiger partial charge >= 0.3 is 6.18 Å². The van der Waals surface area contributed by atoms with Crippen LogP contribution in [-0.2, 0) is 6.18 Å². The van der Waals surface area contributed by atoms with Gasteiger partial charge in [0.2, 0.25) is 5.95 Å². The standard InChI is InChI=1S/C17H20F3N9/c1-3-21-15-12(17(18,19)20)9-22-16(26-15)25-14-8-13(27-28(14)11-4-5-11)10(2)29-23-6-7-24-29/h6-11H,3-5H2,1-2H3,(H2,21,22,25,26). The number of hydrogen-bond acceptors (Lipinski definition) is 7. The van der Waals surface area contributed by atoms with Gasteiger partial charge in [-0.05, 0) is 26.7 Å². The maximum Gasteiger partial charge on any atom is 0.421 e. The second kappa shape index (κ2) is 7.33. The lowest BCUT2D eigenvalue weighted by molar-refractivity contribution is -0.137. The molecule has 4 rings (SSSR count). The normalized spacial score (nSPS) is 15.3. The molecule has 0 spiro atoms. The lowest BCUT2D eigenvalue weighted by Gasteiger charge is -2.14. The lowest BCUT2D eigenvalue weighted by Crippen LogP contribution is -2.14. The van der Waals surface area contributed by atoms with E-state index in [-0.39, 0.29) is 23.8 Å². The summed E-state index contributed by atoms with van der Waals surface area (Å²) >= 11 is 0. The number of nitrogens with zero attached hydrogens (tertiary/aromatic N) is 7. The minimum absolute atomic E-state index is 0.0622. The van der Waals surface area contributed by atoms with Crippen molar-refractivity contribution in [3.8, 4) is 0 Å². The molecule has 0 radical (unpaired) electrons. The molecule has 1 aliphatic rings. The monoisotopic (exact) mass is 407 g/mol. The van der Waals surface area contributed by atoms with Crippen LogP contribution in [0.3, 0.4) is 0 Å². The van der Waals surface area contributed by atoms with Gasteiger partial charge in [-0.3, -0.25) is 0 Å². The summed E-state index contributed by atoms with van der Waals surface area (Å²) in [6.07, 6.45) is 1.40. The molecule has 3 heterocycles. The minimum atomic E-state index is -4.54. The van der Waals surface area contributed by atoms with E-state index in [1.165, 1.54) is 0 Å². The molecule has 1 aliphatic carbocycles. The Kier molecular flexibility index (Phi) is 4.84. The van der Waals surface area contributed by atoms with Gasteiger partial charge in [-0.25, -0.2) is 9.67 Å². The van der Waals surface area contributed by atoms with Gasteiger partial charge in [0.25, 0.3) is 0 Å². The Bertz CT molecular complexity index is 977. The number of aromatic nitrogens is 7. The van der Waals surface area contributed by atoms with Gasteiger partial charge in [-0.15, -0.1) is 0 Å². The second-order valence-electron chi connectivity index (χ2n) is 6.76. The molecule has 0 amide bonds. The van der Waals surface area contributed by atoms with Gasteiger partial charge in [-0.1, -0.05) is 0 Å². The summed E-state index contributed by atoms with van der Waals surface area (Å²) in [5.41, 5.74) is -0.172. The molecule has 1 saturated carbocycles. The van der Waals surface area contributed by atoms with Crippen molar-refractivity contribution in [2.24, 2.45) is 0 Å². The van der Waals surface area contributed by atoms with E-state index in [1.54, 1.807) is 24.1 Å². The predicted molar refractivity (Wildman–Crippen MR) is 98.8 cm³/mol. The van der Waals surface area contributed by atoms with Crippen LogP contribution in [0.5, 0.6) is 0 Å². The highest BCUT2D eigenvalue weighted by Crippen LogP contribution is 2.39. The first-order valence-corrected chi connectivity index (χ1v) is 9.27. The van der Waals surface area contributed by atoms with Crippen molar-refractivity contribution in [3.63, 3.8) is 0 Å². The molecule has 0 aromatic carbocycles. The molecule has 0 bridgehead atoms. The zero-order valence-corrected chi connectivity index (χ0v) is 15.8. The van der Waals surface area contributed by atoms with Crippen molar-refractivity contribution in [1.29, 1.82) is 0 Å². The number of hydrogen-bond donors (Lipinski definition) is 2. The molecule has 154 valence electrons. The first-order valence-electron chi connectivity index (χ1n) is 9.27. The zero-order valence-electron chi connectivity index (χ0n) is 15.8. The molecule has 3 aromatic heterocycles. The SMILES string of the molecule is CCNc1nc(Nc2cc(C(C)n3nccn3)nn2C2CC2)ncc1C(F)(F)F. The molecule has 1 fully saturated rings. The van der Waals surface area contributed by atoms with Crippen LogP contribution in [0.2, 0.25) is 0 Å². The van der Waals surface area contributed by atoms with Gasteiger partial charge in [-0.2, -0.15) is 38.2 Å². The van der Waals surface area contributed by atoms with Crippen LogP contribution in [0.25, 0.3) is 0 Å². The number of anilines is 3. The molecular weight excluding hydrogens is 387 g/mol. The summed E-state index contributed by atoms with van der Waals surface area (Å²) in [6, 6.07) is 1.86. The van der Waals surface area contributed by atoms with E-state index in [0.717, 1.165) is 24.7 Å². The van der Waals surface area contributed by atoms with Gasteiger partial charge < -0.3 is 10.6 Å². The first-order chi connectivity index (χ1) is 13.9. The van der Waals surface area contributed by atoms with Gasteiger partial charge in [0, 0.05) is 18.8 Å². The zero-order chi connectivity index (χ0) is 20.6. The van der Waals surface area contributed by atoms with Gasteiger partial charge in [0.15, 0.2) is 0 Å². The second-order valence-corrected chi connectivity index (χ2v) is 6.76. The molecule has 29 heavy (non-hydrogen) atoms. The number of halogens is 3. The predicted octanol–water partition coefficient (Wildman–Crippen LogP) is 3.40. The summed E-state index contributed by atoms with van der Waals surface area (Å²) < 4.78 is 41.3. The maximum absolute atomic E-state index is 13.2. The number of rotatable bonds is 7. The van der Waals surface area contributed by atoms with Crippen molar-refractivity contribution in [2.75, 3.05) is 17.2 Å². The van der Waals surface area contributed by atoms with E-state index < -0.39 is 11.7 Å². The van der Waals surface area contributed by atoms with E-state index in [2.05, 4.69) is 35.9 Å². The Morgan fingerprint density at radius 2 is 1.97 bits per heavy atom. The summed E-state index contributed by atoms with van der Waals surface area (Å²) in [7, 11) is 0. The third kappa shape index (κ3) is 4.00. The first kappa shape index (κ1) is 19.2. The maximum atomic E-state index is 13.2. The molecular formula is C17H20F3N9. The fourth-order valence-electron chi connectivity index (χ4n) is 2.92. The van der Waals surface area contributed by atoms with Crippen LogP contribution in [0.4, 0.5) is 30.8 Å². The van der Waals surface area contributed by atoms with Crippen LogP contribution >= 0.6 is 0 Å². The van der Waals surface area contributed by atoms with Crippen molar-refractivity contribution in [1.82, 2.24) is 34.7 Å². The Hall–Kier alpha value is -3.18. The fraction of sp³-hybridized carbons (Fsp3) is 0.471. The highest BCUT2D eigenvalue weighted by molar-refractivity contribution is 5.55. The Balaban J connectivity index is 1.64. The average molecular weight is 407 g/mol. The third-order valence-corrected chi connectivity index (χ3v) is 4.54. The summed E-state index contributed by atoms with van der Waals surface area (Å²) in [4.78, 5) is 9.42. The highest BCUT2D eigenvalue weighted by atomic mass is 19.4. The quantitative estimate of drug-likeness (QED) is 0.619. The molecule has 12 heteroatoms. The Labute approximate surface area is 164 Å². The van der Waals surface area contributed by atoms with Crippen molar-refractivity contribution < 1.29 is 13.2 Å². The van der Waals surface area contributed by atoms with Gasteiger partial charge in [0.1, 0.15) is 23.2 Å². The molecule has 0 aliphatic heterocycles. The third-order valence-electron chi connectivity index (χ3n) is 4.54. The molecule has 1 unspecified atom stereocenters. The Morgan fingerprint density at radius 1 is 1.24 bits per heavy atom.